The maximum Gasteiger partial charge on any atom is 0.261 e. The maximum atomic E-state index is 12.0. The van der Waals surface area contributed by atoms with Crippen LogP contribution in [0.1, 0.15) is 5.56 Å². The molecule has 0 unspecified atom stereocenters. The van der Waals surface area contributed by atoms with Gasteiger partial charge >= 0.3 is 0 Å². The summed E-state index contributed by atoms with van der Waals surface area (Å²) in [6, 6.07) is 6.63. The summed E-state index contributed by atoms with van der Waals surface area (Å²) in [6.45, 7) is 0. The lowest BCUT2D eigenvalue weighted by atomic mass is 10.2. The quantitative estimate of drug-likeness (QED) is 0.825. The third-order valence-corrected chi connectivity index (χ3v) is 3.95. The molecule has 1 aromatic carbocycles. The van der Waals surface area contributed by atoms with E-state index >= 15 is 0 Å². The number of H-pyrrole nitrogens is 1. The van der Waals surface area contributed by atoms with Gasteiger partial charge in [-0.2, -0.15) is 5.10 Å². The first-order valence-electron chi connectivity index (χ1n) is 5.28. The maximum absolute atomic E-state index is 12.0. The van der Waals surface area contributed by atoms with E-state index in [2.05, 4.69) is 14.9 Å². The van der Waals surface area contributed by atoms with Crippen molar-refractivity contribution in [3.63, 3.8) is 0 Å². The SMILES string of the molecule is O=S(=O)(Nc1cn[nH]c1)c1ccc(CCCl)cc1. The largest absolute Gasteiger partial charge is 0.284 e. The Kier molecular flexibility index (Phi) is 3.88. The van der Waals surface area contributed by atoms with Gasteiger partial charge in [-0.1, -0.05) is 12.1 Å². The molecule has 18 heavy (non-hydrogen) atoms. The zero-order valence-corrected chi connectivity index (χ0v) is 11.0. The van der Waals surface area contributed by atoms with Gasteiger partial charge in [0.25, 0.3) is 10.0 Å². The van der Waals surface area contributed by atoms with Gasteiger partial charge in [-0.05, 0) is 24.1 Å². The lowest BCUT2D eigenvalue weighted by Crippen LogP contribution is -2.12. The van der Waals surface area contributed by atoms with Crippen LogP contribution in [0.25, 0.3) is 0 Å². The van der Waals surface area contributed by atoms with Crippen molar-refractivity contribution >= 4 is 27.3 Å². The second kappa shape index (κ2) is 5.41. The molecule has 0 spiro atoms. The molecule has 0 aliphatic rings. The van der Waals surface area contributed by atoms with Crippen LogP contribution in [0.4, 0.5) is 5.69 Å². The molecule has 0 saturated heterocycles. The van der Waals surface area contributed by atoms with Crippen molar-refractivity contribution in [2.45, 2.75) is 11.3 Å². The molecule has 2 aromatic rings. The predicted molar refractivity (Wildman–Crippen MR) is 70.3 cm³/mol. The first-order chi connectivity index (χ1) is 8.62. The van der Waals surface area contributed by atoms with Gasteiger partial charge in [0.15, 0.2) is 0 Å². The molecule has 0 amide bonds. The first kappa shape index (κ1) is 12.9. The highest BCUT2D eigenvalue weighted by Gasteiger charge is 2.14. The van der Waals surface area contributed by atoms with Crippen molar-refractivity contribution in [1.82, 2.24) is 10.2 Å². The molecule has 0 radical (unpaired) electrons. The summed E-state index contributed by atoms with van der Waals surface area (Å²) < 4.78 is 26.4. The average molecular weight is 286 g/mol. The molecule has 96 valence electrons. The molecule has 0 saturated carbocycles. The van der Waals surface area contributed by atoms with Crippen LogP contribution in [0.5, 0.6) is 0 Å². The summed E-state index contributed by atoms with van der Waals surface area (Å²) in [7, 11) is -3.56. The molecule has 1 heterocycles. The fourth-order valence-electron chi connectivity index (χ4n) is 1.47. The van der Waals surface area contributed by atoms with Gasteiger partial charge in [0.05, 0.1) is 16.8 Å². The van der Waals surface area contributed by atoms with Crippen molar-refractivity contribution in [2.75, 3.05) is 10.6 Å². The number of halogens is 1. The normalized spacial score (nSPS) is 11.4. The number of hydrogen-bond acceptors (Lipinski definition) is 3. The second-order valence-corrected chi connectivity index (χ2v) is 5.74. The van der Waals surface area contributed by atoms with Gasteiger partial charge < -0.3 is 0 Å². The number of aromatic nitrogens is 2. The molecule has 0 aliphatic carbocycles. The van der Waals surface area contributed by atoms with E-state index in [0.717, 1.165) is 12.0 Å². The van der Waals surface area contributed by atoms with Crippen LogP contribution >= 0.6 is 11.6 Å². The Morgan fingerprint density at radius 1 is 1.28 bits per heavy atom. The standard InChI is InChI=1S/C11H12ClN3O2S/c12-6-5-9-1-3-11(4-2-9)18(16,17)15-10-7-13-14-8-10/h1-4,7-8,15H,5-6H2,(H,13,14). The molecular formula is C11H12ClN3O2S. The third-order valence-electron chi connectivity index (χ3n) is 2.37. The van der Waals surface area contributed by atoms with E-state index in [-0.39, 0.29) is 4.90 Å². The van der Waals surface area contributed by atoms with Crippen molar-refractivity contribution < 1.29 is 8.42 Å². The molecule has 1 aromatic heterocycles. The van der Waals surface area contributed by atoms with Crippen molar-refractivity contribution in [2.24, 2.45) is 0 Å². The molecule has 0 bridgehead atoms. The van der Waals surface area contributed by atoms with Gasteiger partial charge in [-0.15, -0.1) is 11.6 Å². The van der Waals surface area contributed by atoms with Crippen LogP contribution in [0.15, 0.2) is 41.6 Å². The second-order valence-electron chi connectivity index (χ2n) is 3.68. The molecule has 5 nitrogen and oxygen atoms in total. The fourth-order valence-corrected chi connectivity index (χ4v) is 2.72. The Labute approximate surface area is 110 Å². The number of aromatic amines is 1. The van der Waals surface area contributed by atoms with Crippen LogP contribution in [0.3, 0.4) is 0 Å². The molecule has 0 fully saturated rings. The van der Waals surface area contributed by atoms with Gasteiger partial charge in [0.1, 0.15) is 0 Å². The Morgan fingerprint density at radius 2 is 2.00 bits per heavy atom. The number of hydrogen-bond donors (Lipinski definition) is 2. The zero-order valence-electron chi connectivity index (χ0n) is 9.43. The van der Waals surface area contributed by atoms with E-state index in [9.17, 15) is 8.42 Å². The number of alkyl halides is 1. The molecule has 2 N–H and O–H groups in total. The smallest absolute Gasteiger partial charge is 0.261 e. The number of nitrogens with one attached hydrogen (secondary N) is 2. The molecule has 2 rings (SSSR count). The topological polar surface area (TPSA) is 74.8 Å². The van der Waals surface area contributed by atoms with Crippen molar-refractivity contribution in [1.29, 1.82) is 0 Å². The zero-order chi connectivity index (χ0) is 13.0. The highest BCUT2D eigenvalue weighted by atomic mass is 35.5. The molecule has 0 atom stereocenters. The van der Waals surface area contributed by atoms with Crippen LogP contribution < -0.4 is 4.72 Å². The van der Waals surface area contributed by atoms with Crippen molar-refractivity contribution in [3.8, 4) is 0 Å². The summed E-state index contributed by atoms with van der Waals surface area (Å²) in [5.41, 5.74) is 1.41. The van der Waals surface area contributed by atoms with Crippen LogP contribution in [0, 0.1) is 0 Å². The van der Waals surface area contributed by atoms with Crippen molar-refractivity contribution in [3.05, 3.63) is 42.2 Å². The van der Waals surface area contributed by atoms with Crippen LogP contribution in [-0.2, 0) is 16.4 Å². The number of anilines is 1. The lowest BCUT2D eigenvalue weighted by Gasteiger charge is -2.06. The Hall–Kier alpha value is -1.53. The van der Waals surface area contributed by atoms with Gasteiger partial charge in [-0.3, -0.25) is 9.82 Å². The number of sulfonamides is 1. The van der Waals surface area contributed by atoms with Gasteiger partial charge in [0.2, 0.25) is 0 Å². The highest BCUT2D eigenvalue weighted by Crippen LogP contribution is 2.15. The molecular weight excluding hydrogens is 274 g/mol. The third kappa shape index (κ3) is 3.02. The summed E-state index contributed by atoms with van der Waals surface area (Å²) in [5, 5.41) is 6.21. The monoisotopic (exact) mass is 285 g/mol. The van der Waals surface area contributed by atoms with E-state index in [1.165, 1.54) is 12.4 Å². The highest BCUT2D eigenvalue weighted by molar-refractivity contribution is 7.92. The van der Waals surface area contributed by atoms with Gasteiger partial charge in [0, 0.05) is 12.1 Å². The summed E-state index contributed by atoms with van der Waals surface area (Å²) in [5.74, 6) is 0.513. The van der Waals surface area contributed by atoms with E-state index in [0.29, 0.717) is 11.6 Å². The number of aryl methyl sites for hydroxylation is 1. The summed E-state index contributed by atoms with van der Waals surface area (Å²) in [4.78, 5) is 0.210. The number of benzene rings is 1. The Morgan fingerprint density at radius 3 is 2.56 bits per heavy atom. The van der Waals surface area contributed by atoms with E-state index < -0.39 is 10.0 Å². The minimum Gasteiger partial charge on any atom is -0.284 e. The van der Waals surface area contributed by atoms with Crippen LogP contribution in [0.2, 0.25) is 0 Å². The van der Waals surface area contributed by atoms with E-state index in [1.54, 1.807) is 24.3 Å². The van der Waals surface area contributed by atoms with Crippen LogP contribution in [-0.4, -0.2) is 24.5 Å². The lowest BCUT2D eigenvalue weighted by molar-refractivity contribution is 0.601. The predicted octanol–water partition coefficient (Wildman–Crippen LogP) is 1.99. The minimum atomic E-state index is -3.56. The van der Waals surface area contributed by atoms with E-state index in [1.807, 2.05) is 0 Å². The number of nitrogens with zero attached hydrogens (tertiary/aromatic N) is 1. The van der Waals surface area contributed by atoms with Gasteiger partial charge in [-0.25, -0.2) is 8.42 Å². The Bertz CT molecular complexity index is 594. The number of rotatable bonds is 5. The minimum absolute atomic E-state index is 0.210. The average Bonchev–Trinajstić information content (AvgIpc) is 2.82. The summed E-state index contributed by atoms with van der Waals surface area (Å²) >= 11 is 5.62. The Balaban J connectivity index is 2.19. The van der Waals surface area contributed by atoms with E-state index in [4.69, 9.17) is 11.6 Å². The summed E-state index contributed by atoms with van der Waals surface area (Å²) in [6.07, 6.45) is 3.59. The fraction of sp³-hybridized carbons (Fsp3) is 0.182. The first-order valence-corrected chi connectivity index (χ1v) is 7.30. The molecule has 0 aliphatic heterocycles. The molecule has 7 heteroatoms.